The molecule has 1 aliphatic rings. The van der Waals surface area contributed by atoms with Crippen LogP contribution in [0, 0.1) is 0 Å². The van der Waals surface area contributed by atoms with Crippen LogP contribution in [0.15, 0.2) is 91.0 Å². The van der Waals surface area contributed by atoms with Crippen LogP contribution in [0.25, 0.3) is 0 Å². The second kappa shape index (κ2) is 11.7. The Morgan fingerprint density at radius 1 is 0.758 bits per heavy atom. The highest BCUT2D eigenvalue weighted by Gasteiger charge is 2.29. The van der Waals surface area contributed by atoms with Crippen LogP contribution in [0.4, 0.5) is 0 Å². The van der Waals surface area contributed by atoms with Gasteiger partial charge in [0.25, 0.3) is 0 Å². The van der Waals surface area contributed by atoms with Gasteiger partial charge in [-0.2, -0.15) is 0 Å². The van der Waals surface area contributed by atoms with Crippen molar-refractivity contribution in [3.05, 3.63) is 108 Å². The number of aliphatic hydroxyl groups is 1. The minimum absolute atomic E-state index is 0.0167. The van der Waals surface area contributed by atoms with Crippen molar-refractivity contribution in [3.8, 4) is 0 Å². The van der Waals surface area contributed by atoms with Crippen molar-refractivity contribution < 1.29 is 9.32 Å². The van der Waals surface area contributed by atoms with Crippen molar-refractivity contribution in [1.82, 2.24) is 9.80 Å². The fourth-order valence-corrected chi connectivity index (χ4v) is 6.39. The van der Waals surface area contributed by atoms with Crippen LogP contribution in [-0.4, -0.2) is 63.7 Å². The van der Waals surface area contributed by atoms with Gasteiger partial charge in [-0.25, -0.2) is 0 Å². The lowest BCUT2D eigenvalue weighted by Crippen LogP contribution is -2.50. The van der Waals surface area contributed by atoms with Crippen LogP contribution in [0.3, 0.4) is 0 Å². The van der Waals surface area contributed by atoms with Crippen LogP contribution >= 0.6 is 0 Å². The molecule has 0 aliphatic carbocycles. The smallest absolute Gasteiger partial charge is 0.0847 e. The molecule has 0 saturated carbocycles. The van der Waals surface area contributed by atoms with Crippen LogP contribution < -0.4 is 0 Å². The molecule has 5 heteroatoms. The molecule has 174 valence electrons. The summed E-state index contributed by atoms with van der Waals surface area (Å²) in [6, 6.07) is 30.7. The summed E-state index contributed by atoms with van der Waals surface area (Å²) in [5.74, 6) is 0.646. The molecule has 4 nitrogen and oxygen atoms in total. The molecular formula is C28H34N2O2S. The molecule has 1 N–H and O–H groups in total. The number of benzene rings is 3. The summed E-state index contributed by atoms with van der Waals surface area (Å²) in [4.78, 5) is 4.79. The second-order valence-electron chi connectivity index (χ2n) is 8.76. The molecule has 3 unspecified atom stereocenters. The third-order valence-corrected chi connectivity index (χ3v) is 8.13. The molecule has 1 fully saturated rings. The van der Waals surface area contributed by atoms with E-state index in [1.807, 2.05) is 61.5 Å². The Morgan fingerprint density at radius 2 is 1.21 bits per heavy atom. The third-order valence-electron chi connectivity index (χ3n) is 6.47. The van der Waals surface area contributed by atoms with Gasteiger partial charge in [-0.1, -0.05) is 91.0 Å². The molecule has 33 heavy (non-hydrogen) atoms. The number of rotatable bonds is 9. The quantitative estimate of drug-likeness (QED) is 0.516. The fourth-order valence-electron chi connectivity index (χ4n) is 4.80. The number of nitrogens with zero attached hydrogens (tertiary/aromatic N) is 2. The SMILES string of the molecule is CC(O)C(c1ccccc1)N1CCN(CCS(=O)C(c2ccccc2)c2ccccc2)CC1. The van der Waals surface area contributed by atoms with Crippen molar-refractivity contribution in [1.29, 1.82) is 0 Å². The average Bonchev–Trinajstić information content (AvgIpc) is 2.86. The highest BCUT2D eigenvalue weighted by Crippen LogP contribution is 2.29. The minimum Gasteiger partial charge on any atom is -0.391 e. The van der Waals surface area contributed by atoms with Crippen LogP contribution in [-0.2, 0) is 10.8 Å². The largest absolute Gasteiger partial charge is 0.391 e. The topological polar surface area (TPSA) is 43.8 Å². The Hall–Kier alpha value is -2.31. The first-order chi connectivity index (χ1) is 16.1. The molecule has 1 aliphatic heterocycles. The maximum atomic E-state index is 13.5. The van der Waals surface area contributed by atoms with E-state index in [4.69, 9.17) is 0 Å². The van der Waals surface area contributed by atoms with Crippen molar-refractivity contribution in [2.75, 3.05) is 38.5 Å². The zero-order chi connectivity index (χ0) is 23.0. The summed E-state index contributed by atoms with van der Waals surface area (Å²) in [6.45, 7) is 6.35. The molecule has 1 heterocycles. The molecule has 3 atom stereocenters. The standard InChI is InChI=1S/C28H34N2O2S/c1-23(31)27(24-11-5-2-6-12-24)30-19-17-29(18-20-30)21-22-33(32)28(25-13-7-3-8-14-25)26-15-9-4-10-16-26/h2-16,23,27-28,31H,17-22H2,1H3. The van der Waals surface area contributed by atoms with Gasteiger partial charge in [-0.15, -0.1) is 0 Å². The average molecular weight is 463 g/mol. The van der Waals surface area contributed by atoms with E-state index >= 15 is 0 Å². The van der Waals surface area contributed by atoms with E-state index in [2.05, 4.69) is 46.2 Å². The highest BCUT2D eigenvalue weighted by molar-refractivity contribution is 7.85. The Bertz CT molecular complexity index is 951. The number of piperazine rings is 1. The van der Waals surface area contributed by atoms with Gasteiger partial charge in [0.1, 0.15) is 0 Å². The first-order valence-electron chi connectivity index (χ1n) is 11.8. The van der Waals surface area contributed by atoms with Crippen molar-refractivity contribution in [3.63, 3.8) is 0 Å². The lowest BCUT2D eigenvalue weighted by atomic mass is 10.00. The molecule has 0 bridgehead atoms. The predicted molar refractivity (Wildman–Crippen MR) is 137 cm³/mol. The number of hydrogen-bond donors (Lipinski definition) is 1. The number of hydrogen-bond acceptors (Lipinski definition) is 4. The van der Waals surface area contributed by atoms with Gasteiger partial charge in [0.05, 0.1) is 17.4 Å². The summed E-state index contributed by atoms with van der Waals surface area (Å²) in [5, 5.41) is 10.3. The van der Waals surface area contributed by atoms with Gasteiger partial charge in [0.15, 0.2) is 0 Å². The Labute approximate surface area is 200 Å². The zero-order valence-electron chi connectivity index (χ0n) is 19.3. The van der Waals surface area contributed by atoms with Crippen LogP contribution in [0.5, 0.6) is 0 Å². The maximum absolute atomic E-state index is 13.5. The lowest BCUT2D eigenvalue weighted by Gasteiger charge is -2.40. The van der Waals surface area contributed by atoms with E-state index in [-0.39, 0.29) is 11.3 Å². The van der Waals surface area contributed by atoms with Crippen molar-refractivity contribution >= 4 is 10.8 Å². The molecule has 4 rings (SSSR count). The maximum Gasteiger partial charge on any atom is 0.0847 e. The van der Waals surface area contributed by atoms with Gasteiger partial charge in [-0.3, -0.25) is 14.0 Å². The van der Waals surface area contributed by atoms with Crippen molar-refractivity contribution in [2.24, 2.45) is 0 Å². The molecule has 0 amide bonds. The molecule has 0 radical (unpaired) electrons. The summed E-state index contributed by atoms with van der Waals surface area (Å²) < 4.78 is 13.5. The minimum atomic E-state index is -1.01. The monoisotopic (exact) mass is 462 g/mol. The lowest BCUT2D eigenvalue weighted by molar-refractivity contribution is 0.0275. The second-order valence-corrected chi connectivity index (χ2v) is 10.4. The fraction of sp³-hybridized carbons (Fsp3) is 0.357. The molecule has 0 aromatic heterocycles. The molecule has 0 spiro atoms. The van der Waals surface area contributed by atoms with E-state index < -0.39 is 16.9 Å². The summed E-state index contributed by atoms with van der Waals surface area (Å²) >= 11 is 0. The predicted octanol–water partition coefficient (Wildman–Crippen LogP) is 4.26. The van der Waals surface area contributed by atoms with E-state index in [1.165, 1.54) is 0 Å². The van der Waals surface area contributed by atoms with Gasteiger partial charge in [0.2, 0.25) is 0 Å². The summed E-state index contributed by atoms with van der Waals surface area (Å²) in [7, 11) is -1.01. The third kappa shape index (κ3) is 6.18. The Kier molecular flexibility index (Phi) is 8.46. The summed E-state index contributed by atoms with van der Waals surface area (Å²) in [6.07, 6.45) is -0.427. The van der Waals surface area contributed by atoms with Gasteiger partial charge < -0.3 is 5.11 Å². The van der Waals surface area contributed by atoms with Crippen LogP contribution in [0.1, 0.15) is 34.9 Å². The molecule has 1 saturated heterocycles. The molecular weight excluding hydrogens is 428 g/mol. The number of aliphatic hydroxyl groups excluding tert-OH is 1. The van der Waals surface area contributed by atoms with E-state index in [1.54, 1.807) is 0 Å². The van der Waals surface area contributed by atoms with E-state index in [0.29, 0.717) is 5.75 Å². The Morgan fingerprint density at radius 3 is 1.67 bits per heavy atom. The van der Waals surface area contributed by atoms with Gasteiger partial charge in [-0.05, 0) is 23.6 Å². The van der Waals surface area contributed by atoms with E-state index in [0.717, 1.165) is 49.4 Å². The molecule has 3 aromatic rings. The zero-order valence-corrected chi connectivity index (χ0v) is 20.1. The van der Waals surface area contributed by atoms with Crippen LogP contribution in [0.2, 0.25) is 0 Å². The highest BCUT2D eigenvalue weighted by atomic mass is 32.2. The molecule has 3 aromatic carbocycles. The first-order valence-corrected chi connectivity index (χ1v) is 13.2. The Balaban J connectivity index is 1.36. The van der Waals surface area contributed by atoms with Crippen molar-refractivity contribution in [2.45, 2.75) is 24.3 Å². The normalized spacial score (nSPS) is 18.2. The summed E-state index contributed by atoms with van der Waals surface area (Å²) in [5.41, 5.74) is 3.37. The van der Waals surface area contributed by atoms with Gasteiger partial charge in [0, 0.05) is 49.3 Å². The van der Waals surface area contributed by atoms with Gasteiger partial charge >= 0.3 is 0 Å². The first kappa shape index (κ1) is 23.8. The van der Waals surface area contributed by atoms with E-state index in [9.17, 15) is 9.32 Å².